The molecule has 3 saturated carbocycles. The molecule has 3 N–H and O–H groups in total. The summed E-state index contributed by atoms with van der Waals surface area (Å²) in [6, 6.07) is 5.55. The van der Waals surface area contributed by atoms with Crippen molar-refractivity contribution < 1.29 is 14.4 Å². The molecular weight excluding hydrogens is 570 g/mol. The van der Waals surface area contributed by atoms with Crippen molar-refractivity contribution in [3.05, 3.63) is 18.2 Å². The van der Waals surface area contributed by atoms with Gasteiger partial charge in [0.15, 0.2) is 0 Å². The van der Waals surface area contributed by atoms with Crippen LogP contribution in [0.25, 0.3) is 0 Å². The van der Waals surface area contributed by atoms with Gasteiger partial charge in [-0.3, -0.25) is 14.4 Å². The van der Waals surface area contributed by atoms with E-state index < -0.39 is 0 Å². The minimum absolute atomic E-state index is 0. The van der Waals surface area contributed by atoms with E-state index in [4.69, 9.17) is 0 Å². The summed E-state index contributed by atoms with van der Waals surface area (Å²) in [4.78, 5) is 40.3. The van der Waals surface area contributed by atoms with Gasteiger partial charge in [-0.2, -0.15) is 0 Å². The zero-order valence-electron chi connectivity index (χ0n) is 29.9. The molecule has 0 bridgehead atoms. The van der Waals surface area contributed by atoms with Crippen molar-refractivity contribution in [2.45, 2.75) is 147 Å². The second-order valence-corrected chi connectivity index (χ2v) is 18.0. The maximum atomic E-state index is 13.4. The second kappa shape index (κ2) is 15.2. The van der Waals surface area contributed by atoms with Crippen molar-refractivity contribution in [2.24, 2.45) is 51.8 Å². The number of carbonyl (C=O) groups excluding carboxylic acids is 3. The summed E-state index contributed by atoms with van der Waals surface area (Å²) in [7, 11) is 0. The molecule has 260 valence electrons. The Morgan fingerprint density at radius 1 is 0.435 bits per heavy atom. The quantitative estimate of drug-likeness (QED) is 0.290. The summed E-state index contributed by atoms with van der Waals surface area (Å²) >= 11 is 0. The summed E-state index contributed by atoms with van der Waals surface area (Å²) in [6.45, 7) is 20.6. The first-order valence-corrected chi connectivity index (χ1v) is 18.0. The van der Waals surface area contributed by atoms with E-state index in [9.17, 15) is 14.4 Å². The van der Waals surface area contributed by atoms with Crippen molar-refractivity contribution in [3.8, 4) is 0 Å². The summed E-state index contributed by atoms with van der Waals surface area (Å²) in [5, 5.41) is 9.46. The van der Waals surface area contributed by atoms with Gasteiger partial charge in [-0.05, 0) is 129 Å². The van der Waals surface area contributed by atoms with Gasteiger partial charge in [0.05, 0.1) is 0 Å². The monoisotopic (exact) mass is 638 g/mol. The molecule has 0 aromatic heterocycles. The highest BCUT2D eigenvalue weighted by atomic mass is 16.2. The highest BCUT2D eigenvalue weighted by Crippen LogP contribution is 2.42. The number of nitrogens with one attached hydrogen (secondary N) is 3. The number of hydrogen-bond donors (Lipinski definition) is 3. The summed E-state index contributed by atoms with van der Waals surface area (Å²) < 4.78 is 0. The molecule has 6 heteroatoms. The van der Waals surface area contributed by atoms with Crippen LogP contribution in [0.5, 0.6) is 0 Å². The van der Waals surface area contributed by atoms with Crippen LogP contribution in [-0.2, 0) is 14.4 Å². The van der Waals surface area contributed by atoms with Gasteiger partial charge in [0.25, 0.3) is 0 Å². The van der Waals surface area contributed by atoms with E-state index in [1.54, 1.807) is 0 Å². The van der Waals surface area contributed by atoms with Crippen LogP contribution >= 0.6 is 0 Å². The Bertz CT molecular complexity index is 1020. The fraction of sp³-hybridized carbons (Fsp3) is 0.775. The highest BCUT2D eigenvalue weighted by Gasteiger charge is 2.35. The Hall–Kier alpha value is -2.37. The van der Waals surface area contributed by atoms with Crippen LogP contribution in [0.2, 0.25) is 0 Å². The van der Waals surface area contributed by atoms with E-state index in [0.29, 0.717) is 34.8 Å². The van der Waals surface area contributed by atoms with Gasteiger partial charge in [0, 0.05) is 34.8 Å². The standard InChI is InChI=1S/C39H63N3O3.CH4/c1-37(2,3)28-16-10-25(11-17-28)34(43)40-31-22-32(41-35(44)26-12-18-29(19-13-26)38(4,5)6)24-33(23-31)42-36(45)27-14-20-30(21-15-27)39(7,8)9;/h22-30H,10-21H2,1-9H3,(H,40,43)(H,41,44)(H,42,45);1H4. The molecule has 46 heavy (non-hydrogen) atoms. The lowest BCUT2D eigenvalue weighted by Gasteiger charge is -2.36. The number of rotatable bonds is 6. The lowest BCUT2D eigenvalue weighted by atomic mass is 9.69. The highest BCUT2D eigenvalue weighted by molar-refractivity contribution is 5.99. The van der Waals surface area contributed by atoms with E-state index in [2.05, 4.69) is 78.3 Å². The second-order valence-electron chi connectivity index (χ2n) is 18.0. The van der Waals surface area contributed by atoms with Crippen molar-refractivity contribution in [1.82, 2.24) is 0 Å². The minimum Gasteiger partial charge on any atom is -0.326 e. The fourth-order valence-corrected chi connectivity index (χ4v) is 8.24. The van der Waals surface area contributed by atoms with Gasteiger partial charge in [-0.25, -0.2) is 0 Å². The molecule has 0 radical (unpaired) electrons. The topological polar surface area (TPSA) is 87.3 Å². The first-order valence-electron chi connectivity index (χ1n) is 18.0. The molecule has 3 fully saturated rings. The fourth-order valence-electron chi connectivity index (χ4n) is 8.24. The van der Waals surface area contributed by atoms with E-state index in [-0.39, 0.29) is 59.1 Å². The van der Waals surface area contributed by atoms with Crippen LogP contribution in [0, 0.1) is 51.8 Å². The van der Waals surface area contributed by atoms with E-state index in [1.807, 2.05) is 18.2 Å². The van der Waals surface area contributed by atoms with E-state index in [1.165, 1.54) is 0 Å². The van der Waals surface area contributed by atoms with Gasteiger partial charge in [-0.1, -0.05) is 69.7 Å². The SMILES string of the molecule is C.CC(C)(C)C1CCC(C(=O)Nc2cc(NC(=O)C3CCC(C(C)(C)C)CC3)cc(NC(=O)C3CCC(C(C)(C)C)CC3)c2)CC1. The molecular formula is C40H67N3O3. The van der Waals surface area contributed by atoms with Gasteiger partial charge < -0.3 is 16.0 Å². The molecule has 0 spiro atoms. The maximum absolute atomic E-state index is 13.4. The maximum Gasteiger partial charge on any atom is 0.227 e. The Balaban J connectivity index is 0.00000576. The van der Waals surface area contributed by atoms with Crippen LogP contribution in [0.3, 0.4) is 0 Å². The molecule has 1 aromatic carbocycles. The normalized spacial score (nSPS) is 27.6. The van der Waals surface area contributed by atoms with Crippen molar-refractivity contribution >= 4 is 34.8 Å². The van der Waals surface area contributed by atoms with Gasteiger partial charge in [0.1, 0.15) is 0 Å². The Morgan fingerprint density at radius 2 is 0.630 bits per heavy atom. The molecule has 3 amide bonds. The van der Waals surface area contributed by atoms with E-state index in [0.717, 1.165) is 77.0 Å². The first-order chi connectivity index (χ1) is 20.9. The molecule has 0 saturated heterocycles. The number of hydrogen-bond acceptors (Lipinski definition) is 3. The number of amides is 3. The smallest absolute Gasteiger partial charge is 0.227 e. The summed E-state index contributed by atoms with van der Waals surface area (Å²) in [6.07, 6.45) is 11.7. The third-order valence-electron chi connectivity index (χ3n) is 11.7. The first kappa shape index (κ1) is 38.1. The molecule has 0 aliphatic heterocycles. The molecule has 4 rings (SSSR count). The molecule has 0 unspecified atom stereocenters. The summed E-state index contributed by atoms with van der Waals surface area (Å²) in [5.41, 5.74) is 2.66. The third kappa shape index (κ3) is 10.3. The third-order valence-corrected chi connectivity index (χ3v) is 11.7. The Kier molecular flexibility index (Phi) is 12.6. The lowest BCUT2D eigenvalue weighted by Crippen LogP contribution is -2.32. The molecule has 1 aromatic rings. The van der Waals surface area contributed by atoms with Crippen molar-refractivity contribution in [1.29, 1.82) is 0 Å². The molecule has 6 nitrogen and oxygen atoms in total. The predicted octanol–water partition coefficient (Wildman–Crippen LogP) is 10.7. The van der Waals surface area contributed by atoms with Crippen LogP contribution in [-0.4, -0.2) is 17.7 Å². The van der Waals surface area contributed by atoms with Crippen molar-refractivity contribution in [2.75, 3.05) is 16.0 Å². The van der Waals surface area contributed by atoms with Crippen LogP contribution in [0.4, 0.5) is 17.1 Å². The van der Waals surface area contributed by atoms with Crippen molar-refractivity contribution in [3.63, 3.8) is 0 Å². The summed E-state index contributed by atoms with van der Waals surface area (Å²) in [5.74, 6) is 1.96. The lowest BCUT2D eigenvalue weighted by molar-refractivity contribution is -0.122. The average molecular weight is 638 g/mol. The molecule has 0 atom stereocenters. The molecule has 3 aliphatic carbocycles. The Labute approximate surface area is 281 Å². The zero-order chi connectivity index (χ0) is 33.2. The van der Waals surface area contributed by atoms with Gasteiger partial charge >= 0.3 is 0 Å². The zero-order valence-corrected chi connectivity index (χ0v) is 29.9. The van der Waals surface area contributed by atoms with Crippen LogP contribution in [0.1, 0.15) is 147 Å². The minimum atomic E-state index is -0.0177. The van der Waals surface area contributed by atoms with Gasteiger partial charge in [-0.15, -0.1) is 0 Å². The van der Waals surface area contributed by atoms with E-state index >= 15 is 0 Å². The molecule has 0 heterocycles. The van der Waals surface area contributed by atoms with Crippen LogP contribution < -0.4 is 16.0 Å². The largest absolute Gasteiger partial charge is 0.326 e. The number of carbonyl (C=O) groups is 3. The van der Waals surface area contributed by atoms with Crippen LogP contribution in [0.15, 0.2) is 18.2 Å². The number of anilines is 3. The predicted molar refractivity (Wildman–Crippen MR) is 194 cm³/mol. The van der Waals surface area contributed by atoms with Gasteiger partial charge in [0.2, 0.25) is 17.7 Å². The molecule has 3 aliphatic rings. The number of benzene rings is 1. The Morgan fingerprint density at radius 3 is 0.804 bits per heavy atom. The average Bonchev–Trinajstić information content (AvgIpc) is 2.96.